The van der Waals surface area contributed by atoms with E-state index < -0.39 is 0 Å². The summed E-state index contributed by atoms with van der Waals surface area (Å²) in [6, 6.07) is 8.00. The lowest BCUT2D eigenvalue weighted by atomic mass is 9.78. The monoisotopic (exact) mass is 207 g/mol. The van der Waals surface area contributed by atoms with E-state index in [1.54, 1.807) is 0 Å². The summed E-state index contributed by atoms with van der Waals surface area (Å²) in [5.41, 5.74) is 7.11. The van der Waals surface area contributed by atoms with E-state index in [0.717, 1.165) is 17.9 Å². The Kier molecular flexibility index (Phi) is 2.62. The standard InChI is InChI=1S/C12H14ClN/c13-11-6-2-1-5-10(11)12(9-14)7-3-4-8-12/h1-6H,7-9,14H2. The van der Waals surface area contributed by atoms with Gasteiger partial charge >= 0.3 is 0 Å². The number of allylic oxidation sites excluding steroid dienone is 2. The van der Waals surface area contributed by atoms with Crippen molar-refractivity contribution >= 4 is 11.6 Å². The van der Waals surface area contributed by atoms with Crippen molar-refractivity contribution in [2.24, 2.45) is 5.73 Å². The molecule has 2 heteroatoms. The molecular formula is C12H14ClN. The van der Waals surface area contributed by atoms with Gasteiger partial charge in [0.15, 0.2) is 0 Å². The molecular weight excluding hydrogens is 194 g/mol. The van der Waals surface area contributed by atoms with Gasteiger partial charge in [0.25, 0.3) is 0 Å². The maximum absolute atomic E-state index is 6.19. The van der Waals surface area contributed by atoms with Crippen LogP contribution in [-0.4, -0.2) is 6.54 Å². The van der Waals surface area contributed by atoms with Crippen LogP contribution < -0.4 is 5.73 Å². The predicted molar refractivity (Wildman–Crippen MR) is 60.6 cm³/mol. The first-order chi connectivity index (χ1) is 6.78. The van der Waals surface area contributed by atoms with E-state index in [4.69, 9.17) is 17.3 Å². The van der Waals surface area contributed by atoms with Crippen molar-refractivity contribution in [2.75, 3.05) is 6.54 Å². The van der Waals surface area contributed by atoms with E-state index in [1.807, 2.05) is 18.2 Å². The lowest BCUT2D eigenvalue weighted by molar-refractivity contribution is 0.471. The smallest absolute Gasteiger partial charge is 0.0444 e. The maximum atomic E-state index is 6.19. The van der Waals surface area contributed by atoms with Crippen LogP contribution in [0.1, 0.15) is 18.4 Å². The SMILES string of the molecule is NCC1(c2ccccc2Cl)CC=CC1. The third-order valence-electron chi connectivity index (χ3n) is 3.02. The van der Waals surface area contributed by atoms with Gasteiger partial charge in [0, 0.05) is 17.0 Å². The Hall–Kier alpha value is -0.790. The third-order valence-corrected chi connectivity index (χ3v) is 3.35. The summed E-state index contributed by atoms with van der Waals surface area (Å²) in [6.07, 6.45) is 6.40. The van der Waals surface area contributed by atoms with E-state index in [-0.39, 0.29) is 5.41 Å². The molecule has 2 rings (SSSR count). The Morgan fingerprint density at radius 2 is 1.86 bits per heavy atom. The molecule has 0 aromatic heterocycles. The largest absolute Gasteiger partial charge is 0.330 e. The molecule has 0 saturated carbocycles. The van der Waals surface area contributed by atoms with E-state index in [9.17, 15) is 0 Å². The highest BCUT2D eigenvalue weighted by molar-refractivity contribution is 6.31. The van der Waals surface area contributed by atoms with Crippen LogP contribution >= 0.6 is 11.6 Å². The molecule has 74 valence electrons. The van der Waals surface area contributed by atoms with Gasteiger partial charge in [-0.15, -0.1) is 0 Å². The lowest BCUT2D eigenvalue weighted by Gasteiger charge is -2.28. The highest BCUT2D eigenvalue weighted by Gasteiger charge is 2.32. The molecule has 0 spiro atoms. The molecule has 1 aromatic rings. The van der Waals surface area contributed by atoms with Gasteiger partial charge in [-0.05, 0) is 24.5 Å². The van der Waals surface area contributed by atoms with Gasteiger partial charge in [0.1, 0.15) is 0 Å². The average molecular weight is 208 g/mol. The normalized spacial score (nSPS) is 18.7. The van der Waals surface area contributed by atoms with Gasteiger partial charge in [0.2, 0.25) is 0 Å². The van der Waals surface area contributed by atoms with Crippen molar-refractivity contribution in [2.45, 2.75) is 18.3 Å². The highest BCUT2D eigenvalue weighted by Crippen LogP contribution is 2.39. The van der Waals surface area contributed by atoms with E-state index in [1.165, 1.54) is 5.56 Å². The molecule has 0 aliphatic heterocycles. The Morgan fingerprint density at radius 3 is 2.43 bits per heavy atom. The van der Waals surface area contributed by atoms with E-state index >= 15 is 0 Å². The second-order valence-electron chi connectivity index (χ2n) is 3.84. The molecule has 0 heterocycles. The number of hydrogen-bond acceptors (Lipinski definition) is 1. The quantitative estimate of drug-likeness (QED) is 0.742. The summed E-state index contributed by atoms with van der Waals surface area (Å²) in [6.45, 7) is 0.656. The van der Waals surface area contributed by atoms with Gasteiger partial charge in [-0.3, -0.25) is 0 Å². The summed E-state index contributed by atoms with van der Waals surface area (Å²) in [4.78, 5) is 0. The van der Waals surface area contributed by atoms with Gasteiger partial charge in [0.05, 0.1) is 0 Å². The summed E-state index contributed by atoms with van der Waals surface area (Å²) in [5, 5.41) is 0.835. The minimum absolute atomic E-state index is 0.0539. The Labute approximate surface area is 89.6 Å². The predicted octanol–water partition coefficient (Wildman–Crippen LogP) is 2.89. The van der Waals surface area contributed by atoms with Gasteiger partial charge in [-0.1, -0.05) is 42.0 Å². The molecule has 0 unspecified atom stereocenters. The zero-order valence-corrected chi connectivity index (χ0v) is 8.80. The molecule has 14 heavy (non-hydrogen) atoms. The van der Waals surface area contributed by atoms with Crippen LogP contribution in [0.25, 0.3) is 0 Å². The van der Waals surface area contributed by atoms with Crippen LogP contribution in [0.15, 0.2) is 36.4 Å². The number of benzene rings is 1. The molecule has 0 amide bonds. The first kappa shape index (κ1) is 9.75. The molecule has 0 saturated heterocycles. The number of halogens is 1. The van der Waals surface area contributed by atoms with E-state index in [2.05, 4.69) is 18.2 Å². The summed E-state index contributed by atoms with van der Waals surface area (Å²) >= 11 is 6.19. The summed E-state index contributed by atoms with van der Waals surface area (Å²) in [7, 11) is 0. The number of hydrogen-bond donors (Lipinski definition) is 1. The molecule has 0 atom stereocenters. The second kappa shape index (κ2) is 3.76. The molecule has 1 aromatic carbocycles. The molecule has 0 radical (unpaired) electrons. The molecule has 1 nitrogen and oxygen atoms in total. The van der Waals surface area contributed by atoms with Crippen molar-refractivity contribution in [1.82, 2.24) is 0 Å². The maximum Gasteiger partial charge on any atom is 0.0444 e. The average Bonchev–Trinajstić information content (AvgIpc) is 2.68. The molecule has 1 aliphatic carbocycles. The minimum Gasteiger partial charge on any atom is -0.330 e. The van der Waals surface area contributed by atoms with Crippen LogP contribution in [-0.2, 0) is 5.41 Å². The van der Waals surface area contributed by atoms with Crippen LogP contribution in [0, 0.1) is 0 Å². The number of nitrogens with two attached hydrogens (primary N) is 1. The van der Waals surface area contributed by atoms with Crippen molar-refractivity contribution in [3.8, 4) is 0 Å². The first-order valence-corrected chi connectivity index (χ1v) is 5.26. The Bertz CT molecular complexity index is 349. The fourth-order valence-corrected chi connectivity index (χ4v) is 2.43. The van der Waals surface area contributed by atoms with Gasteiger partial charge < -0.3 is 5.73 Å². The van der Waals surface area contributed by atoms with Crippen LogP contribution in [0.3, 0.4) is 0 Å². The number of rotatable bonds is 2. The van der Waals surface area contributed by atoms with Crippen LogP contribution in [0.4, 0.5) is 0 Å². The molecule has 2 N–H and O–H groups in total. The fourth-order valence-electron chi connectivity index (χ4n) is 2.09. The molecule has 0 bridgehead atoms. The first-order valence-electron chi connectivity index (χ1n) is 4.89. The van der Waals surface area contributed by atoms with Crippen molar-refractivity contribution < 1.29 is 0 Å². The zero-order chi connectivity index (χ0) is 10.0. The third kappa shape index (κ3) is 1.47. The molecule has 0 fully saturated rings. The van der Waals surface area contributed by atoms with Gasteiger partial charge in [-0.25, -0.2) is 0 Å². The van der Waals surface area contributed by atoms with Crippen LogP contribution in [0.2, 0.25) is 5.02 Å². The van der Waals surface area contributed by atoms with Crippen LogP contribution in [0.5, 0.6) is 0 Å². The zero-order valence-electron chi connectivity index (χ0n) is 8.04. The molecule has 1 aliphatic rings. The van der Waals surface area contributed by atoms with Gasteiger partial charge in [-0.2, -0.15) is 0 Å². The summed E-state index contributed by atoms with van der Waals surface area (Å²) < 4.78 is 0. The van der Waals surface area contributed by atoms with Crippen molar-refractivity contribution in [1.29, 1.82) is 0 Å². The fraction of sp³-hybridized carbons (Fsp3) is 0.333. The van der Waals surface area contributed by atoms with E-state index in [0.29, 0.717) is 6.54 Å². The topological polar surface area (TPSA) is 26.0 Å². The second-order valence-corrected chi connectivity index (χ2v) is 4.25. The highest BCUT2D eigenvalue weighted by atomic mass is 35.5. The minimum atomic E-state index is 0.0539. The summed E-state index contributed by atoms with van der Waals surface area (Å²) in [5.74, 6) is 0. The Morgan fingerprint density at radius 1 is 1.21 bits per heavy atom. The lowest BCUT2D eigenvalue weighted by Crippen LogP contribution is -2.32. The van der Waals surface area contributed by atoms with Crippen molar-refractivity contribution in [3.05, 3.63) is 47.0 Å². The van der Waals surface area contributed by atoms with Crippen molar-refractivity contribution in [3.63, 3.8) is 0 Å². The Balaban J connectivity index is 2.42.